The summed E-state index contributed by atoms with van der Waals surface area (Å²) in [6.07, 6.45) is 4.59. The first-order valence-corrected chi connectivity index (χ1v) is 8.59. The Morgan fingerprint density at radius 3 is 2.41 bits per heavy atom. The summed E-state index contributed by atoms with van der Waals surface area (Å²) in [5.41, 5.74) is 1.84. The molecule has 0 unspecified atom stereocenters. The van der Waals surface area contributed by atoms with E-state index in [-0.39, 0.29) is 17.4 Å². The smallest absolute Gasteiger partial charge is 0.257 e. The number of aryl methyl sites for hydroxylation is 1. The second-order valence-electron chi connectivity index (χ2n) is 5.07. The number of aliphatic hydroxyl groups is 1. The predicted octanol–water partition coefficient (Wildman–Crippen LogP) is 1.44. The van der Waals surface area contributed by atoms with Crippen LogP contribution in [0.1, 0.15) is 15.9 Å². The quantitative estimate of drug-likeness (QED) is 0.872. The molecule has 0 saturated heterocycles. The number of sulfone groups is 1. The number of aliphatic hydroxyl groups excluding tert-OH is 1. The van der Waals surface area contributed by atoms with Gasteiger partial charge >= 0.3 is 0 Å². The molecule has 22 heavy (non-hydrogen) atoms. The van der Waals surface area contributed by atoms with Crippen LogP contribution in [0.2, 0.25) is 0 Å². The highest BCUT2D eigenvalue weighted by atomic mass is 32.2. The Kier molecular flexibility index (Phi) is 4.68. The fraction of sp³-hybridized carbons (Fsp3) is 0.267. The maximum absolute atomic E-state index is 12.2. The van der Waals surface area contributed by atoms with E-state index in [2.05, 4.69) is 5.32 Å². The van der Waals surface area contributed by atoms with Crippen LogP contribution in [0.5, 0.6) is 0 Å². The molecule has 7 heteroatoms. The molecule has 1 heterocycles. The van der Waals surface area contributed by atoms with Gasteiger partial charge in [-0.15, -0.1) is 0 Å². The zero-order chi connectivity index (χ0) is 16.3. The molecule has 0 radical (unpaired) electrons. The maximum atomic E-state index is 12.2. The molecule has 1 aromatic heterocycles. The van der Waals surface area contributed by atoms with Crippen molar-refractivity contribution in [3.63, 3.8) is 0 Å². The van der Waals surface area contributed by atoms with Crippen molar-refractivity contribution in [3.05, 3.63) is 47.8 Å². The van der Waals surface area contributed by atoms with E-state index in [0.717, 1.165) is 11.8 Å². The second-order valence-corrected chi connectivity index (χ2v) is 7.08. The van der Waals surface area contributed by atoms with Crippen LogP contribution in [-0.4, -0.2) is 36.9 Å². The summed E-state index contributed by atoms with van der Waals surface area (Å²) < 4.78 is 24.5. The van der Waals surface area contributed by atoms with E-state index in [9.17, 15) is 13.2 Å². The van der Waals surface area contributed by atoms with Gasteiger partial charge < -0.3 is 15.0 Å². The van der Waals surface area contributed by atoms with Crippen molar-refractivity contribution in [2.45, 2.75) is 18.4 Å². The molecule has 2 aromatic rings. The van der Waals surface area contributed by atoms with Crippen molar-refractivity contribution in [2.75, 3.05) is 18.2 Å². The third-order valence-electron chi connectivity index (χ3n) is 3.22. The minimum atomic E-state index is -3.25. The topological polar surface area (TPSA) is 88.4 Å². The Morgan fingerprint density at radius 2 is 1.86 bits per heavy atom. The zero-order valence-electron chi connectivity index (χ0n) is 12.4. The minimum absolute atomic E-state index is 0.00212. The Labute approximate surface area is 129 Å². The SMILES string of the molecule is Cc1cn(CCO)cc1C(=O)Nc1ccc(S(C)(=O)=O)cc1. The van der Waals surface area contributed by atoms with Gasteiger partial charge in [-0.3, -0.25) is 4.79 Å². The predicted molar refractivity (Wildman–Crippen MR) is 83.8 cm³/mol. The van der Waals surface area contributed by atoms with Crippen LogP contribution in [0.15, 0.2) is 41.6 Å². The van der Waals surface area contributed by atoms with E-state index >= 15 is 0 Å². The second kappa shape index (κ2) is 6.33. The molecule has 0 saturated carbocycles. The maximum Gasteiger partial charge on any atom is 0.257 e. The van der Waals surface area contributed by atoms with Crippen molar-refractivity contribution in [1.82, 2.24) is 4.57 Å². The molecule has 118 valence electrons. The molecule has 1 aromatic carbocycles. The molecule has 0 aliphatic heterocycles. The van der Waals surface area contributed by atoms with Crippen molar-refractivity contribution < 1.29 is 18.3 Å². The van der Waals surface area contributed by atoms with E-state index in [0.29, 0.717) is 17.8 Å². The molecule has 1 amide bonds. The number of rotatable bonds is 5. The first kappa shape index (κ1) is 16.3. The third kappa shape index (κ3) is 3.75. The van der Waals surface area contributed by atoms with Gasteiger partial charge in [-0.1, -0.05) is 0 Å². The molecule has 0 bridgehead atoms. The number of carbonyl (C=O) groups is 1. The number of carbonyl (C=O) groups excluding carboxylic acids is 1. The van der Waals surface area contributed by atoms with E-state index in [1.165, 1.54) is 12.1 Å². The lowest BCUT2D eigenvalue weighted by atomic mass is 10.2. The van der Waals surface area contributed by atoms with Gasteiger partial charge in [0.25, 0.3) is 5.91 Å². The highest BCUT2D eigenvalue weighted by molar-refractivity contribution is 7.90. The molecule has 0 fully saturated rings. The Morgan fingerprint density at radius 1 is 1.23 bits per heavy atom. The molecule has 0 aliphatic carbocycles. The number of hydrogen-bond acceptors (Lipinski definition) is 4. The molecule has 2 N–H and O–H groups in total. The average Bonchev–Trinajstić information content (AvgIpc) is 2.80. The zero-order valence-corrected chi connectivity index (χ0v) is 13.2. The summed E-state index contributed by atoms with van der Waals surface area (Å²) in [6.45, 7) is 2.24. The summed E-state index contributed by atoms with van der Waals surface area (Å²) in [5, 5.41) is 11.6. The number of aromatic nitrogens is 1. The van der Waals surface area contributed by atoms with Gasteiger partial charge in [-0.25, -0.2) is 8.42 Å². The van der Waals surface area contributed by atoms with Gasteiger partial charge in [0, 0.05) is 30.9 Å². The molecule has 0 spiro atoms. The van der Waals surface area contributed by atoms with Crippen molar-refractivity contribution in [3.8, 4) is 0 Å². The van der Waals surface area contributed by atoms with Crippen LogP contribution in [0.4, 0.5) is 5.69 Å². The molecular weight excluding hydrogens is 304 g/mol. The lowest BCUT2D eigenvalue weighted by Gasteiger charge is -2.05. The number of nitrogens with one attached hydrogen (secondary N) is 1. The van der Waals surface area contributed by atoms with Crippen LogP contribution in [0.3, 0.4) is 0 Å². The van der Waals surface area contributed by atoms with Crippen molar-refractivity contribution >= 4 is 21.4 Å². The minimum Gasteiger partial charge on any atom is -0.395 e. The van der Waals surface area contributed by atoms with Gasteiger partial charge in [0.2, 0.25) is 0 Å². The molecule has 0 atom stereocenters. The number of nitrogens with zero attached hydrogens (tertiary/aromatic N) is 1. The molecule has 0 aliphatic rings. The van der Waals surface area contributed by atoms with E-state index in [4.69, 9.17) is 5.11 Å². The first-order valence-electron chi connectivity index (χ1n) is 6.70. The van der Waals surface area contributed by atoms with Gasteiger partial charge in [0.15, 0.2) is 9.84 Å². The molecule has 6 nitrogen and oxygen atoms in total. The third-order valence-corrected chi connectivity index (χ3v) is 4.35. The standard InChI is InChI=1S/C15H18N2O4S/c1-11-9-17(7-8-18)10-14(11)15(19)16-12-3-5-13(6-4-12)22(2,20)21/h3-6,9-10,18H,7-8H2,1-2H3,(H,16,19). The van der Waals surface area contributed by atoms with Crippen LogP contribution in [-0.2, 0) is 16.4 Å². The van der Waals surface area contributed by atoms with Crippen LogP contribution in [0.25, 0.3) is 0 Å². The van der Waals surface area contributed by atoms with Crippen molar-refractivity contribution in [1.29, 1.82) is 0 Å². The average molecular weight is 322 g/mol. The van der Waals surface area contributed by atoms with Gasteiger partial charge in [0.05, 0.1) is 17.1 Å². The fourth-order valence-electron chi connectivity index (χ4n) is 2.09. The molecule has 2 rings (SSSR count). The summed E-state index contributed by atoms with van der Waals surface area (Å²) in [4.78, 5) is 12.4. The first-order chi connectivity index (χ1) is 10.3. The van der Waals surface area contributed by atoms with Gasteiger partial charge in [0.1, 0.15) is 0 Å². The highest BCUT2D eigenvalue weighted by Gasteiger charge is 2.13. The van der Waals surface area contributed by atoms with Gasteiger partial charge in [-0.2, -0.15) is 0 Å². The number of amides is 1. The summed E-state index contributed by atoms with van der Waals surface area (Å²) in [7, 11) is -3.25. The number of hydrogen-bond donors (Lipinski definition) is 2. The van der Waals surface area contributed by atoms with Crippen LogP contribution < -0.4 is 5.32 Å². The Bertz CT molecular complexity index is 776. The monoisotopic (exact) mass is 322 g/mol. The van der Waals surface area contributed by atoms with Crippen LogP contribution >= 0.6 is 0 Å². The molecular formula is C15H18N2O4S. The van der Waals surface area contributed by atoms with E-state index < -0.39 is 9.84 Å². The lowest BCUT2D eigenvalue weighted by Crippen LogP contribution is -2.12. The summed E-state index contributed by atoms with van der Waals surface area (Å²) >= 11 is 0. The lowest BCUT2D eigenvalue weighted by molar-refractivity contribution is 0.102. The van der Waals surface area contributed by atoms with Crippen molar-refractivity contribution in [2.24, 2.45) is 0 Å². The normalized spacial score (nSPS) is 11.4. The Balaban J connectivity index is 2.15. The van der Waals surface area contributed by atoms with Gasteiger partial charge in [-0.05, 0) is 36.8 Å². The van der Waals surface area contributed by atoms with E-state index in [1.54, 1.807) is 29.1 Å². The Hall–Kier alpha value is -2.12. The largest absolute Gasteiger partial charge is 0.395 e. The number of benzene rings is 1. The summed E-state index contributed by atoms with van der Waals surface area (Å²) in [5.74, 6) is -0.277. The van der Waals surface area contributed by atoms with Crippen LogP contribution in [0, 0.1) is 6.92 Å². The van der Waals surface area contributed by atoms with E-state index in [1.807, 2.05) is 6.92 Å². The fourth-order valence-corrected chi connectivity index (χ4v) is 2.72. The summed E-state index contributed by atoms with van der Waals surface area (Å²) in [6, 6.07) is 6.01. The number of anilines is 1. The highest BCUT2D eigenvalue weighted by Crippen LogP contribution is 2.16.